The average molecular weight is 300 g/mol. The van der Waals surface area contributed by atoms with Crippen LogP contribution in [0.1, 0.15) is 33.6 Å². The van der Waals surface area contributed by atoms with Crippen molar-refractivity contribution in [3.63, 3.8) is 0 Å². The average Bonchev–Trinajstić information content (AvgIpc) is 2.85. The number of rotatable bonds is 6. The fourth-order valence-corrected chi connectivity index (χ4v) is 2.46. The van der Waals surface area contributed by atoms with Crippen molar-refractivity contribution in [2.75, 3.05) is 36.5 Å². The van der Waals surface area contributed by atoms with Crippen LogP contribution < -0.4 is 10.2 Å². The third kappa shape index (κ3) is 3.70. The third-order valence-electron chi connectivity index (χ3n) is 3.56. The minimum atomic E-state index is -0.144. The first-order valence-corrected chi connectivity index (χ1v) is 7.48. The number of hydrogen-bond donors (Lipinski definition) is 1. The van der Waals surface area contributed by atoms with Crippen LogP contribution in [0.3, 0.4) is 0 Å². The van der Waals surface area contributed by atoms with Crippen molar-refractivity contribution < 1.29 is 4.74 Å². The van der Waals surface area contributed by atoms with Crippen molar-refractivity contribution in [2.24, 2.45) is 0 Å². The molecule has 7 heteroatoms. The lowest BCUT2D eigenvalue weighted by molar-refractivity contribution is 0.0314. The van der Waals surface area contributed by atoms with Crippen LogP contribution in [-0.2, 0) is 4.74 Å². The van der Waals surface area contributed by atoms with E-state index in [0.29, 0.717) is 18.4 Å². The summed E-state index contributed by atoms with van der Waals surface area (Å²) in [5.74, 6) is 1.11. The maximum Gasteiger partial charge on any atom is 0.231 e. The van der Waals surface area contributed by atoms with E-state index in [9.17, 15) is 0 Å². The van der Waals surface area contributed by atoms with Crippen molar-refractivity contribution in [1.82, 2.24) is 15.0 Å². The zero-order valence-corrected chi connectivity index (χ0v) is 13.1. The molecule has 1 aromatic rings. The minimum absolute atomic E-state index is 0.144. The molecule has 1 fully saturated rings. The van der Waals surface area contributed by atoms with Crippen LogP contribution in [0.15, 0.2) is 0 Å². The van der Waals surface area contributed by atoms with Gasteiger partial charge in [-0.25, -0.2) is 0 Å². The lowest BCUT2D eigenvalue weighted by Crippen LogP contribution is -2.33. The number of nitrogens with one attached hydrogen (secondary N) is 1. The van der Waals surface area contributed by atoms with Crippen molar-refractivity contribution in [1.29, 1.82) is 0 Å². The van der Waals surface area contributed by atoms with Crippen LogP contribution >= 0.6 is 11.6 Å². The SMILES string of the molecule is CCN(CC)c1nc(Cl)nc(NCC2(C)CCCO2)n1. The Morgan fingerprint density at radius 2 is 2.05 bits per heavy atom. The molecular formula is C13H22ClN5O. The Balaban J connectivity index is 2.07. The van der Waals surface area contributed by atoms with Crippen LogP contribution in [0.4, 0.5) is 11.9 Å². The van der Waals surface area contributed by atoms with Gasteiger partial charge < -0.3 is 15.0 Å². The van der Waals surface area contributed by atoms with Crippen LogP contribution in [0.5, 0.6) is 0 Å². The smallest absolute Gasteiger partial charge is 0.231 e. The van der Waals surface area contributed by atoms with Crippen molar-refractivity contribution in [3.05, 3.63) is 5.28 Å². The van der Waals surface area contributed by atoms with E-state index in [2.05, 4.69) is 41.0 Å². The number of ether oxygens (including phenoxy) is 1. The Bertz CT molecular complexity index is 446. The Hall–Kier alpha value is -1.14. The molecule has 1 atom stereocenters. The zero-order valence-electron chi connectivity index (χ0n) is 12.3. The van der Waals surface area contributed by atoms with E-state index in [4.69, 9.17) is 16.3 Å². The van der Waals surface area contributed by atoms with Gasteiger partial charge >= 0.3 is 0 Å². The molecule has 0 bridgehead atoms. The quantitative estimate of drug-likeness (QED) is 0.870. The van der Waals surface area contributed by atoms with Crippen molar-refractivity contribution >= 4 is 23.5 Å². The first kappa shape index (κ1) is 15.3. The topological polar surface area (TPSA) is 63.2 Å². The second-order valence-corrected chi connectivity index (χ2v) is 5.49. The van der Waals surface area contributed by atoms with Gasteiger partial charge in [-0.3, -0.25) is 0 Å². The summed E-state index contributed by atoms with van der Waals surface area (Å²) in [6, 6.07) is 0. The van der Waals surface area contributed by atoms with Crippen LogP contribution in [0.25, 0.3) is 0 Å². The number of aromatic nitrogens is 3. The molecular weight excluding hydrogens is 278 g/mol. The molecule has 1 saturated heterocycles. The summed E-state index contributed by atoms with van der Waals surface area (Å²) in [5, 5.41) is 3.42. The van der Waals surface area contributed by atoms with Gasteiger partial charge in [-0.15, -0.1) is 0 Å². The van der Waals surface area contributed by atoms with Crippen molar-refractivity contribution in [2.45, 2.75) is 39.2 Å². The molecule has 1 N–H and O–H groups in total. The zero-order chi connectivity index (χ0) is 14.6. The van der Waals surface area contributed by atoms with Crippen LogP contribution in [0, 0.1) is 0 Å². The predicted molar refractivity (Wildman–Crippen MR) is 80.5 cm³/mol. The molecule has 112 valence electrons. The van der Waals surface area contributed by atoms with Gasteiger partial charge in [0.15, 0.2) is 0 Å². The number of halogens is 1. The molecule has 0 aromatic carbocycles. The number of hydrogen-bond acceptors (Lipinski definition) is 6. The van der Waals surface area contributed by atoms with Gasteiger partial charge in [-0.2, -0.15) is 15.0 Å². The molecule has 0 radical (unpaired) electrons. The van der Waals surface area contributed by atoms with E-state index in [0.717, 1.165) is 32.5 Å². The second kappa shape index (κ2) is 6.54. The third-order valence-corrected chi connectivity index (χ3v) is 3.73. The highest BCUT2D eigenvalue weighted by molar-refractivity contribution is 6.28. The lowest BCUT2D eigenvalue weighted by Gasteiger charge is -2.24. The molecule has 0 saturated carbocycles. The summed E-state index contributed by atoms with van der Waals surface area (Å²) in [5.41, 5.74) is -0.144. The monoisotopic (exact) mass is 299 g/mol. The molecule has 2 heterocycles. The fourth-order valence-electron chi connectivity index (χ4n) is 2.31. The summed E-state index contributed by atoms with van der Waals surface area (Å²) in [6.07, 6.45) is 2.14. The van der Waals surface area contributed by atoms with Gasteiger partial charge in [0.1, 0.15) is 0 Å². The van der Waals surface area contributed by atoms with Crippen LogP contribution in [-0.4, -0.2) is 46.8 Å². The number of anilines is 2. The summed E-state index contributed by atoms with van der Waals surface area (Å²) < 4.78 is 5.74. The first-order valence-electron chi connectivity index (χ1n) is 7.10. The van der Waals surface area contributed by atoms with Gasteiger partial charge in [-0.1, -0.05) is 0 Å². The Morgan fingerprint density at radius 1 is 1.30 bits per heavy atom. The molecule has 1 aromatic heterocycles. The highest BCUT2D eigenvalue weighted by Crippen LogP contribution is 2.25. The molecule has 1 aliphatic rings. The predicted octanol–water partition coefficient (Wildman–Crippen LogP) is 2.35. The van der Waals surface area contributed by atoms with E-state index in [1.54, 1.807) is 0 Å². The maximum absolute atomic E-state index is 5.98. The Kier molecular flexibility index (Phi) is 4.99. The molecule has 20 heavy (non-hydrogen) atoms. The molecule has 6 nitrogen and oxygen atoms in total. The van der Waals surface area contributed by atoms with E-state index >= 15 is 0 Å². The Labute approximate surface area is 124 Å². The first-order chi connectivity index (χ1) is 9.56. The van der Waals surface area contributed by atoms with Crippen LogP contribution in [0.2, 0.25) is 5.28 Å². The molecule has 2 rings (SSSR count). The summed E-state index contributed by atoms with van der Waals surface area (Å²) >= 11 is 5.98. The molecule has 0 spiro atoms. The summed E-state index contributed by atoms with van der Waals surface area (Å²) in [7, 11) is 0. The van der Waals surface area contributed by atoms with E-state index < -0.39 is 0 Å². The molecule has 1 aliphatic heterocycles. The molecule has 0 aliphatic carbocycles. The molecule has 1 unspecified atom stereocenters. The second-order valence-electron chi connectivity index (χ2n) is 5.16. The van der Waals surface area contributed by atoms with Gasteiger partial charge in [0.05, 0.1) is 5.60 Å². The van der Waals surface area contributed by atoms with Crippen molar-refractivity contribution in [3.8, 4) is 0 Å². The van der Waals surface area contributed by atoms with E-state index in [1.165, 1.54) is 0 Å². The van der Waals surface area contributed by atoms with E-state index in [-0.39, 0.29) is 10.9 Å². The highest BCUT2D eigenvalue weighted by atomic mass is 35.5. The Morgan fingerprint density at radius 3 is 2.65 bits per heavy atom. The fraction of sp³-hybridized carbons (Fsp3) is 0.769. The van der Waals surface area contributed by atoms with Gasteiger partial charge in [0.25, 0.3) is 0 Å². The summed E-state index contributed by atoms with van der Waals surface area (Å²) in [6.45, 7) is 9.37. The normalized spacial score (nSPS) is 22.0. The minimum Gasteiger partial charge on any atom is -0.373 e. The maximum atomic E-state index is 5.98. The molecule has 0 amide bonds. The van der Waals surface area contributed by atoms with Gasteiger partial charge in [0, 0.05) is 26.2 Å². The standard InChI is InChI=1S/C13H22ClN5O/c1-4-19(5-2)12-17-10(14)16-11(18-12)15-9-13(3)7-6-8-20-13/h4-9H2,1-3H3,(H,15,16,17,18). The lowest BCUT2D eigenvalue weighted by atomic mass is 10.0. The van der Waals surface area contributed by atoms with E-state index in [1.807, 2.05) is 4.90 Å². The van der Waals surface area contributed by atoms with Gasteiger partial charge in [-0.05, 0) is 45.2 Å². The number of nitrogens with zero attached hydrogens (tertiary/aromatic N) is 4. The van der Waals surface area contributed by atoms with Gasteiger partial charge in [0.2, 0.25) is 17.2 Å². The largest absolute Gasteiger partial charge is 0.373 e. The summed E-state index contributed by atoms with van der Waals surface area (Å²) in [4.78, 5) is 14.8. The highest BCUT2D eigenvalue weighted by Gasteiger charge is 2.29.